The Kier molecular flexibility index (Phi) is 22.1. The van der Waals surface area contributed by atoms with Gasteiger partial charge in [-0.05, 0) is 45.7 Å². The Morgan fingerprint density at radius 2 is 1.16 bits per heavy atom. The summed E-state index contributed by atoms with van der Waals surface area (Å²) in [6, 6.07) is 4.58. The van der Waals surface area contributed by atoms with Crippen LogP contribution in [-0.4, -0.2) is 40.5 Å². The van der Waals surface area contributed by atoms with Crippen molar-refractivity contribution in [1.29, 1.82) is 0 Å². The van der Waals surface area contributed by atoms with Crippen molar-refractivity contribution < 1.29 is 19.2 Å². The summed E-state index contributed by atoms with van der Waals surface area (Å²) in [4.78, 5) is 39.1. The van der Waals surface area contributed by atoms with E-state index in [1.165, 1.54) is 109 Å². The monoisotopic (exact) mass is 631 g/mol. The predicted octanol–water partition coefficient (Wildman–Crippen LogP) is 10.9. The number of carbonyl (C=O) groups is 2. The van der Waals surface area contributed by atoms with E-state index in [9.17, 15) is 19.7 Å². The number of hydrogen-bond donors (Lipinski definition) is 1. The molecular formula is C37H65N3O5. The highest BCUT2D eigenvalue weighted by molar-refractivity contribution is 5.95. The second-order valence-corrected chi connectivity index (χ2v) is 13.6. The highest BCUT2D eigenvalue weighted by Crippen LogP contribution is 2.23. The highest BCUT2D eigenvalue weighted by atomic mass is 16.6. The van der Waals surface area contributed by atoms with Crippen LogP contribution in [0.4, 0.5) is 10.5 Å². The normalized spacial score (nSPS) is 11.4. The van der Waals surface area contributed by atoms with Gasteiger partial charge in [-0.3, -0.25) is 14.9 Å². The van der Waals surface area contributed by atoms with E-state index < -0.39 is 16.6 Å². The molecule has 0 saturated heterocycles. The number of benzene rings is 1. The van der Waals surface area contributed by atoms with E-state index in [-0.39, 0.29) is 18.1 Å². The standard InChI is InChI=1S/C37H65N3O5/c1-6-8-10-12-14-16-18-20-22-24-28-39(29-25-23-21-19-17-15-13-11-9-7-2)35(41)32-26-27-33(34(30-32)40(43)44)31-38-36(42)45-37(3,4)5/h26-27,30H,6-25,28-29,31H2,1-5H3,(H,38,42). The Hall–Kier alpha value is -2.64. The van der Waals surface area contributed by atoms with Gasteiger partial charge in [0.2, 0.25) is 0 Å². The topological polar surface area (TPSA) is 102 Å². The van der Waals surface area contributed by atoms with Gasteiger partial charge in [0.15, 0.2) is 0 Å². The third kappa shape index (κ3) is 20.2. The lowest BCUT2D eigenvalue weighted by Gasteiger charge is -2.23. The minimum atomic E-state index is -0.668. The van der Waals surface area contributed by atoms with Crippen LogP contribution in [0.2, 0.25) is 0 Å². The number of alkyl carbamates (subject to hydrolysis) is 1. The SMILES string of the molecule is CCCCCCCCCCCCN(CCCCCCCCCCCC)C(=O)c1ccc(CNC(=O)OC(C)(C)C)c([N+](=O)[O-])c1. The third-order valence-electron chi connectivity index (χ3n) is 8.20. The van der Waals surface area contributed by atoms with Gasteiger partial charge in [0.1, 0.15) is 5.60 Å². The van der Waals surface area contributed by atoms with Gasteiger partial charge >= 0.3 is 6.09 Å². The van der Waals surface area contributed by atoms with Gasteiger partial charge in [0, 0.05) is 30.3 Å². The Morgan fingerprint density at radius 3 is 1.56 bits per heavy atom. The largest absolute Gasteiger partial charge is 0.444 e. The summed E-state index contributed by atoms with van der Waals surface area (Å²) in [5.41, 5.74) is -0.187. The fourth-order valence-electron chi connectivity index (χ4n) is 5.58. The molecule has 1 aromatic carbocycles. The van der Waals surface area contributed by atoms with Gasteiger partial charge in [-0.2, -0.15) is 0 Å². The molecule has 0 aliphatic rings. The van der Waals surface area contributed by atoms with Crippen LogP contribution in [-0.2, 0) is 11.3 Å². The molecule has 1 N–H and O–H groups in total. The number of unbranched alkanes of at least 4 members (excludes halogenated alkanes) is 18. The first kappa shape index (κ1) is 40.4. The number of amides is 2. The average molecular weight is 632 g/mol. The van der Waals surface area contributed by atoms with Crippen LogP contribution in [0.15, 0.2) is 18.2 Å². The molecule has 0 unspecified atom stereocenters. The molecule has 8 heteroatoms. The van der Waals surface area contributed by atoms with Crippen molar-refractivity contribution in [3.8, 4) is 0 Å². The highest BCUT2D eigenvalue weighted by Gasteiger charge is 2.22. The quantitative estimate of drug-likeness (QED) is 0.0622. The van der Waals surface area contributed by atoms with Crippen LogP contribution in [0.25, 0.3) is 0 Å². The summed E-state index contributed by atoms with van der Waals surface area (Å²) < 4.78 is 5.25. The summed E-state index contributed by atoms with van der Waals surface area (Å²) in [5.74, 6) is -0.156. The van der Waals surface area contributed by atoms with Gasteiger partial charge in [-0.1, -0.05) is 129 Å². The van der Waals surface area contributed by atoms with Gasteiger partial charge in [-0.25, -0.2) is 4.79 Å². The predicted molar refractivity (Wildman–Crippen MR) is 186 cm³/mol. The molecule has 0 bridgehead atoms. The molecule has 0 aliphatic heterocycles. The number of ether oxygens (including phenoxy) is 1. The maximum Gasteiger partial charge on any atom is 0.407 e. The summed E-state index contributed by atoms with van der Waals surface area (Å²) in [5, 5.41) is 14.5. The summed E-state index contributed by atoms with van der Waals surface area (Å²) in [6.45, 7) is 11.0. The van der Waals surface area contributed by atoms with Crippen molar-refractivity contribution in [1.82, 2.24) is 10.2 Å². The number of nitrogens with zero attached hydrogens (tertiary/aromatic N) is 2. The lowest BCUT2D eigenvalue weighted by molar-refractivity contribution is -0.385. The number of nitro benzene ring substituents is 1. The fraction of sp³-hybridized carbons (Fsp3) is 0.784. The van der Waals surface area contributed by atoms with Crippen molar-refractivity contribution >= 4 is 17.7 Å². The molecule has 0 aromatic heterocycles. The third-order valence-corrected chi connectivity index (χ3v) is 8.20. The lowest BCUT2D eigenvalue weighted by Crippen LogP contribution is -2.33. The minimum Gasteiger partial charge on any atom is -0.444 e. The van der Waals surface area contributed by atoms with E-state index in [4.69, 9.17) is 4.74 Å². The summed E-state index contributed by atoms with van der Waals surface area (Å²) in [6.07, 6.45) is 24.0. The molecule has 45 heavy (non-hydrogen) atoms. The molecule has 0 atom stereocenters. The molecule has 1 rings (SSSR count). The van der Waals surface area contributed by atoms with E-state index in [1.807, 2.05) is 4.90 Å². The molecule has 0 aliphatic carbocycles. The van der Waals surface area contributed by atoms with Gasteiger partial charge in [-0.15, -0.1) is 0 Å². The van der Waals surface area contributed by atoms with Gasteiger partial charge < -0.3 is 15.0 Å². The molecule has 0 heterocycles. The molecule has 0 radical (unpaired) electrons. The number of nitro groups is 1. The van der Waals surface area contributed by atoms with Crippen molar-refractivity contribution in [2.24, 2.45) is 0 Å². The van der Waals surface area contributed by atoms with E-state index in [0.29, 0.717) is 24.2 Å². The number of rotatable bonds is 26. The number of carbonyl (C=O) groups excluding carboxylic acids is 2. The fourth-order valence-corrected chi connectivity index (χ4v) is 5.58. The number of hydrogen-bond acceptors (Lipinski definition) is 5. The smallest absolute Gasteiger partial charge is 0.407 e. The number of nitrogens with one attached hydrogen (secondary N) is 1. The Balaban J connectivity index is 2.73. The van der Waals surface area contributed by atoms with Crippen molar-refractivity contribution in [3.05, 3.63) is 39.4 Å². The molecular weight excluding hydrogens is 566 g/mol. The van der Waals surface area contributed by atoms with Crippen LogP contribution in [0.3, 0.4) is 0 Å². The second kappa shape index (κ2) is 24.6. The molecule has 8 nitrogen and oxygen atoms in total. The molecule has 0 saturated carbocycles. The van der Waals surface area contributed by atoms with E-state index in [0.717, 1.165) is 25.7 Å². The first-order chi connectivity index (χ1) is 21.6. The van der Waals surface area contributed by atoms with Crippen molar-refractivity contribution in [3.63, 3.8) is 0 Å². The van der Waals surface area contributed by atoms with Crippen LogP contribution < -0.4 is 5.32 Å². The van der Waals surface area contributed by atoms with Crippen LogP contribution >= 0.6 is 0 Å². The first-order valence-corrected chi connectivity index (χ1v) is 18.1. The molecule has 258 valence electrons. The maximum absolute atomic E-state index is 13.7. The molecule has 0 fully saturated rings. The Bertz CT molecular complexity index is 936. The molecule has 1 aromatic rings. The first-order valence-electron chi connectivity index (χ1n) is 18.1. The Labute approximate surface area is 274 Å². The average Bonchev–Trinajstić information content (AvgIpc) is 2.99. The van der Waals surface area contributed by atoms with Gasteiger partial charge in [0.05, 0.1) is 11.5 Å². The molecule has 2 amide bonds. The lowest BCUT2D eigenvalue weighted by atomic mass is 10.0. The van der Waals surface area contributed by atoms with E-state index >= 15 is 0 Å². The van der Waals surface area contributed by atoms with Crippen molar-refractivity contribution in [2.45, 2.75) is 175 Å². The van der Waals surface area contributed by atoms with Crippen LogP contribution in [0, 0.1) is 10.1 Å². The minimum absolute atomic E-state index is 0.0549. The zero-order valence-electron chi connectivity index (χ0n) is 29.4. The van der Waals surface area contributed by atoms with Crippen molar-refractivity contribution in [2.75, 3.05) is 13.1 Å². The van der Waals surface area contributed by atoms with Gasteiger partial charge in [0.25, 0.3) is 11.6 Å². The zero-order chi connectivity index (χ0) is 33.3. The molecule has 0 spiro atoms. The van der Waals surface area contributed by atoms with E-state index in [2.05, 4.69) is 19.2 Å². The van der Waals surface area contributed by atoms with E-state index in [1.54, 1.807) is 32.9 Å². The maximum atomic E-state index is 13.7. The summed E-state index contributed by atoms with van der Waals surface area (Å²) in [7, 11) is 0. The van der Waals surface area contributed by atoms with Crippen LogP contribution in [0.1, 0.15) is 179 Å². The van der Waals surface area contributed by atoms with Crippen LogP contribution in [0.5, 0.6) is 0 Å². The second-order valence-electron chi connectivity index (χ2n) is 13.6. The zero-order valence-corrected chi connectivity index (χ0v) is 29.4. The Morgan fingerprint density at radius 1 is 0.733 bits per heavy atom. The summed E-state index contributed by atoms with van der Waals surface area (Å²) >= 11 is 0.